The minimum atomic E-state index is -0.432. The van der Waals surface area contributed by atoms with Crippen LogP contribution in [0.3, 0.4) is 0 Å². The first-order chi connectivity index (χ1) is 10.5. The molecule has 0 fully saturated rings. The second-order valence-corrected chi connectivity index (χ2v) is 6.03. The van der Waals surface area contributed by atoms with Crippen LogP contribution in [0.5, 0.6) is 11.5 Å². The van der Waals surface area contributed by atoms with Gasteiger partial charge in [0, 0.05) is 10.9 Å². The van der Waals surface area contributed by atoms with Crippen LogP contribution in [0.2, 0.25) is 0 Å². The van der Waals surface area contributed by atoms with Gasteiger partial charge < -0.3 is 19.5 Å². The number of rotatable bonds is 6. The van der Waals surface area contributed by atoms with E-state index in [-0.39, 0.29) is 24.3 Å². The van der Waals surface area contributed by atoms with Gasteiger partial charge in [0.1, 0.15) is 13.2 Å². The second-order valence-electron chi connectivity index (χ2n) is 4.98. The molecule has 0 bridgehead atoms. The molecular formula is C15H19NO5S. The number of benzene rings is 1. The average Bonchev–Trinajstić information content (AvgIpc) is 2.50. The van der Waals surface area contributed by atoms with Crippen LogP contribution in [0.25, 0.3) is 0 Å². The maximum absolute atomic E-state index is 11.6. The van der Waals surface area contributed by atoms with E-state index in [9.17, 15) is 9.59 Å². The number of amides is 1. The average molecular weight is 325 g/mol. The molecule has 0 saturated carbocycles. The largest absolute Gasteiger partial charge is 0.486 e. The summed E-state index contributed by atoms with van der Waals surface area (Å²) in [5, 5.41) is 2.65. The van der Waals surface area contributed by atoms with E-state index in [1.54, 1.807) is 0 Å². The van der Waals surface area contributed by atoms with Crippen LogP contribution >= 0.6 is 11.8 Å². The number of ether oxygens (including phenoxy) is 3. The van der Waals surface area contributed by atoms with Crippen LogP contribution in [0.4, 0.5) is 0 Å². The SMILES string of the molecule is CC(C)NC(=O)COC(=O)CSc1ccc2c(c1)OCCO2. The lowest BCUT2D eigenvalue weighted by Crippen LogP contribution is -2.34. The Kier molecular flexibility index (Phi) is 5.94. The summed E-state index contributed by atoms with van der Waals surface area (Å²) in [4.78, 5) is 23.9. The first kappa shape index (κ1) is 16.5. The van der Waals surface area contributed by atoms with Crippen molar-refractivity contribution < 1.29 is 23.8 Å². The summed E-state index contributed by atoms with van der Waals surface area (Å²) < 4.78 is 15.8. The summed E-state index contributed by atoms with van der Waals surface area (Å²) in [7, 11) is 0. The first-order valence-corrected chi connectivity index (χ1v) is 8.00. The van der Waals surface area contributed by atoms with Gasteiger partial charge in [-0.25, -0.2) is 0 Å². The van der Waals surface area contributed by atoms with E-state index in [2.05, 4.69) is 5.32 Å². The van der Waals surface area contributed by atoms with Crippen molar-refractivity contribution in [1.29, 1.82) is 0 Å². The lowest BCUT2D eigenvalue weighted by Gasteiger charge is -2.18. The Morgan fingerprint density at radius 3 is 2.73 bits per heavy atom. The molecule has 0 saturated heterocycles. The predicted octanol–water partition coefficient (Wildman–Crippen LogP) is 1.62. The lowest BCUT2D eigenvalue weighted by atomic mass is 10.3. The van der Waals surface area contributed by atoms with Crippen molar-refractivity contribution in [3.05, 3.63) is 18.2 Å². The van der Waals surface area contributed by atoms with E-state index in [1.807, 2.05) is 32.0 Å². The second kappa shape index (κ2) is 7.93. The molecule has 1 aromatic carbocycles. The van der Waals surface area contributed by atoms with Gasteiger partial charge in [-0.05, 0) is 32.0 Å². The number of esters is 1. The van der Waals surface area contributed by atoms with Crippen LogP contribution in [-0.2, 0) is 14.3 Å². The monoisotopic (exact) mass is 325 g/mol. The molecule has 1 aliphatic rings. The number of carbonyl (C=O) groups is 2. The number of hydrogen-bond acceptors (Lipinski definition) is 6. The molecule has 0 spiro atoms. The third-order valence-corrected chi connectivity index (χ3v) is 3.65. The van der Waals surface area contributed by atoms with Gasteiger partial charge in [-0.3, -0.25) is 9.59 Å². The molecule has 1 amide bonds. The van der Waals surface area contributed by atoms with Crippen molar-refractivity contribution in [2.24, 2.45) is 0 Å². The van der Waals surface area contributed by atoms with Gasteiger partial charge in [0.15, 0.2) is 18.1 Å². The molecule has 0 radical (unpaired) electrons. The highest BCUT2D eigenvalue weighted by molar-refractivity contribution is 8.00. The van der Waals surface area contributed by atoms with Crippen LogP contribution in [-0.4, -0.2) is 43.5 Å². The number of thioether (sulfide) groups is 1. The normalized spacial score (nSPS) is 12.9. The summed E-state index contributed by atoms with van der Waals surface area (Å²) in [6, 6.07) is 5.53. The highest BCUT2D eigenvalue weighted by Gasteiger charge is 2.13. The van der Waals surface area contributed by atoms with E-state index in [0.29, 0.717) is 24.7 Å². The minimum absolute atomic E-state index is 0.0262. The third kappa shape index (κ3) is 5.14. The smallest absolute Gasteiger partial charge is 0.316 e. The molecule has 6 nitrogen and oxygen atoms in total. The Balaban J connectivity index is 1.75. The van der Waals surface area contributed by atoms with E-state index in [0.717, 1.165) is 4.90 Å². The zero-order chi connectivity index (χ0) is 15.9. The molecule has 0 aliphatic carbocycles. The van der Waals surface area contributed by atoms with Gasteiger partial charge >= 0.3 is 5.97 Å². The van der Waals surface area contributed by atoms with Gasteiger partial charge in [0.05, 0.1) is 5.75 Å². The van der Waals surface area contributed by atoms with Gasteiger partial charge in [-0.1, -0.05) is 0 Å². The lowest BCUT2D eigenvalue weighted by molar-refractivity contribution is -0.146. The maximum atomic E-state index is 11.6. The third-order valence-electron chi connectivity index (χ3n) is 2.68. The molecule has 120 valence electrons. The standard InChI is InChI=1S/C15H19NO5S/c1-10(2)16-14(17)8-21-15(18)9-22-11-3-4-12-13(7-11)20-6-5-19-12/h3-4,7,10H,5-6,8-9H2,1-2H3,(H,16,17). The van der Waals surface area contributed by atoms with Gasteiger partial charge in [0.25, 0.3) is 5.91 Å². The van der Waals surface area contributed by atoms with Crippen molar-refractivity contribution >= 4 is 23.6 Å². The van der Waals surface area contributed by atoms with Crippen molar-refractivity contribution in [2.45, 2.75) is 24.8 Å². The van der Waals surface area contributed by atoms with Crippen LogP contribution < -0.4 is 14.8 Å². The fraction of sp³-hybridized carbons (Fsp3) is 0.467. The summed E-state index contributed by atoms with van der Waals surface area (Å²) in [5.41, 5.74) is 0. The van der Waals surface area contributed by atoms with Gasteiger partial charge in [-0.15, -0.1) is 11.8 Å². The Bertz CT molecular complexity index is 547. The molecule has 1 N–H and O–H groups in total. The number of hydrogen-bond donors (Lipinski definition) is 1. The van der Waals surface area contributed by atoms with Crippen molar-refractivity contribution in [2.75, 3.05) is 25.6 Å². The Morgan fingerprint density at radius 2 is 2.00 bits per heavy atom. The first-order valence-electron chi connectivity index (χ1n) is 7.02. The molecule has 1 heterocycles. The Labute approximate surface area is 133 Å². The zero-order valence-corrected chi connectivity index (χ0v) is 13.4. The summed E-state index contributed by atoms with van der Waals surface area (Å²) in [5.74, 6) is 0.796. The Hall–Kier alpha value is -1.89. The number of nitrogens with one attached hydrogen (secondary N) is 1. The van der Waals surface area contributed by atoms with E-state index in [4.69, 9.17) is 14.2 Å². The van der Waals surface area contributed by atoms with Gasteiger partial charge in [-0.2, -0.15) is 0 Å². The highest BCUT2D eigenvalue weighted by atomic mass is 32.2. The van der Waals surface area contributed by atoms with Crippen LogP contribution in [0.1, 0.15) is 13.8 Å². The molecule has 1 aliphatic heterocycles. The van der Waals surface area contributed by atoms with E-state index >= 15 is 0 Å². The quantitative estimate of drug-likeness (QED) is 0.633. The predicted molar refractivity (Wildman–Crippen MR) is 82.4 cm³/mol. The summed E-state index contributed by atoms with van der Waals surface area (Å²) >= 11 is 1.33. The van der Waals surface area contributed by atoms with E-state index in [1.165, 1.54) is 11.8 Å². The molecular weight excluding hydrogens is 306 g/mol. The maximum Gasteiger partial charge on any atom is 0.316 e. The van der Waals surface area contributed by atoms with Gasteiger partial charge in [0.2, 0.25) is 0 Å². The molecule has 0 unspecified atom stereocenters. The van der Waals surface area contributed by atoms with Crippen LogP contribution in [0.15, 0.2) is 23.1 Å². The summed E-state index contributed by atoms with van der Waals surface area (Å²) in [6.07, 6.45) is 0. The van der Waals surface area contributed by atoms with Crippen molar-refractivity contribution in [1.82, 2.24) is 5.32 Å². The minimum Gasteiger partial charge on any atom is -0.486 e. The highest BCUT2D eigenvalue weighted by Crippen LogP contribution is 2.34. The molecule has 7 heteroatoms. The fourth-order valence-electron chi connectivity index (χ4n) is 1.81. The zero-order valence-electron chi connectivity index (χ0n) is 12.6. The van der Waals surface area contributed by atoms with E-state index < -0.39 is 5.97 Å². The van der Waals surface area contributed by atoms with Crippen molar-refractivity contribution in [3.63, 3.8) is 0 Å². The van der Waals surface area contributed by atoms with Crippen molar-refractivity contribution in [3.8, 4) is 11.5 Å². The topological polar surface area (TPSA) is 73.9 Å². The summed E-state index contributed by atoms with van der Waals surface area (Å²) in [6.45, 7) is 4.51. The number of carbonyl (C=O) groups excluding carboxylic acids is 2. The molecule has 0 aromatic heterocycles. The molecule has 2 rings (SSSR count). The fourth-order valence-corrected chi connectivity index (χ4v) is 2.53. The molecule has 0 atom stereocenters. The Morgan fingerprint density at radius 1 is 1.27 bits per heavy atom. The van der Waals surface area contributed by atoms with Crippen LogP contribution in [0, 0.1) is 0 Å². The molecule has 1 aromatic rings. The number of fused-ring (bicyclic) bond motifs is 1. The molecule has 22 heavy (non-hydrogen) atoms.